The van der Waals surface area contributed by atoms with E-state index in [1.807, 2.05) is 85.5 Å². The molecule has 4 heterocycles. The van der Waals surface area contributed by atoms with Crippen molar-refractivity contribution in [2.45, 2.75) is 66.5 Å². The number of rotatable bonds is 13. The SMILES string of the molecule is CCCC[NH2+]Cc1c[c-]c(-c2ccccn2)cc1.CCCC[NH2+]Cc1c[c-]c(-c2ccccn2)cc1.Cc1ccnc(-c2cc(C)ccn2)c1.F[P-](F)(F)(F)(F)F.[Ir]. The zero-order chi connectivity index (χ0) is 41.6. The number of hydrogen-bond acceptors (Lipinski definition) is 4. The quantitative estimate of drug-likeness (QED) is 0.0523. The van der Waals surface area contributed by atoms with Crippen LogP contribution in [-0.4, -0.2) is 33.0 Å². The number of pyridine rings is 4. The van der Waals surface area contributed by atoms with Crippen molar-refractivity contribution < 1.29 is 55.9 Å². The van der Waals surface area contributed by atoms with Gasteiger partial charge >= 0.3 is 33.0 Å². The second-order valence-corrected chi connectivity index (χ2v) is 15.2. The van der Waals surface area contributed by atoms with Crippen LogP contribution in [0.4, 0.5) is 25.2 Å². The monoisotopic (exact) mass is 1000 g/mol. The topological polar surface area (TPSA) is 84.8 Å². The maximum absolute atomic E-state index is 10.7. The maximum Gasteiger partial charge on any atom is 0 e. The molecule has 2 aromatic carbocycles. The van der Waals surface area contributed by atoms with Crippen LogP contribution in [0.1, 0.15) is 61.8 Å². The first-order valence-electron chi connectivity index (χ1n) is 18.9. The summed E-state index contributed by atoms with van der Waals surface area (Å²) in [6.45, 7) is 13.1. The summed E-state index contributed by atoms with van der Waals surface area (Å²) in [5, 5.41) is 4.71. The molecule has 1 radical (unpaired) electrons. The fourth-order valence-electron chi connectivity index (χ4n) is 5.12. The molecule has 0 bridgehead atoms. The van der Waals surface area contributed by atoms with Crippen LogP contribution in [0.15, 0.2) is 122 Å². The summed E-state index contributed by atoms with van der Waals surface area (Å²) in [6.07, 6.45) is 12.4. The minimum atomic E-state index is -10.7. The van der Waals surface area contributed by atoms with E-state index in [4.69, 9.17) is 0 Å². The summed E-state index contributed by atoms with van der Waals surface area (Å²) in [4.78, 5) is 17.2. The van der Waals surface area contributed by atoms with Crippen LogP contribution < -0.4 is 10.6 Å². The first-order chi connectivity index (χ1) is 27.0. The largest absolute Gasteiger partial charge is 0 e. The third kappa shape index (κ3) is 23.1. The predicted octanol–water partition coefficient (Wildman–Crippen LogP) is 11.0. The van der Waals surface area contributed by atoms with Gasteiger partial charge in [0.2, 0.25) is 0 Å². The minimum absolute atomic E-state index is 0. The number of aromatic nitrogens is 4. The molecule has 4 aromatic heterocycles. The van der Waals surface area contributed by atoms with Gasteiger partial charge in [-0.25, -0.2) is 0 Å². The molecule has 0 aliphatic carbocycles. The van der Waals surface area contributed by atoms with Gasteiger partial charge in [0.05, 0.1) is 37.6 Å². The molecule has 6 nitrogen and oxygen atoms in total. The molecule has 315 valence electrons. The van der Waals surface area contributed by atoms with Crippen LogP contribution in [0.2, 0.25) is 0 Å². The number of nitrogens with two attached hydrogens (primary N) is 2. The number of unbranched alkanes of at least 4 members (excludes halogenated alkanes) is 2. The second kappa shape index (κ2) is 23.9. The van der Waals surface area contributed by atoms with Crippen molar-refractivity contribution in [2.75, 3.05) is 13.1 Å². The van der Waals surface area contributed by atoms with E-state index >= 15 is 0 Å². The van der Waals surface area contributed by atoms with E-state index in [1.165, 1.54) is 61.0 Å². The molecule has 6 rings (SSSR count). The van der Waals surface area contributed by atoms with Gasteiger partial charge in [-0.1, -0.05) is 62.1 Å². The Morgan fingerprint density at radius 1 is 0.517 bits per heavy atom. The Balaban J connectivity index is 0.000000277. The molecule has 0 spiro atoms. The molecule has 6 aromatic rings. The van der Waals surface area contributed by atoms with E-state index in [0.717, 1.165) is 47.0 Å². The summed E-state index contributed by atoms with van der Waals surface area (Å²) in [5.74, 6) is 0. The van der Waals surface area contributed by atoms with E-state index in [2.05, 4.69) is 107 Å². The maximum atomic E-state index is 9.87. The smallest absolute Gasteiger partial charge is 0 e. The summed E-state index contributed by atoms with van der Waals surface area (Å²) in [6, 6.07) is 39.3. The molecule has 0 saturated carbocycles. The Labute approximate surface area is 352 Å². The van der Waals surface area contributed by atoms with Crippen LogP contribution in [0.3, 0.4) is 0 Å². The van der Waals surface area contributed by atoms with E-state index < -0.39 is 7.81 Å². The summed E-state index contributed by atoms with van der Waals surface area (Å²) >= 11 is 0. The Bertz CT molecular complexity index is 1880. The van der Waals surface area contributed by atoms with E-state index in [0.29, 0.717) is 0 Å². The summed E-state index contributed by atoms with van der Waals surface area (Å²) in [5.41, 5.74) is 11.0. The minimum Gasteiger partial charge on any atom is 0 e. The van der Waals surface area contributed by atoms with Gasteiger partial charge < -0.3 is 20.6 Å². The first-order valence-corrected chi connectivity index (χ1v) is 20.9. The van der Waals surface area contributed by atoms with Gasteiger partial charge in [-0.2, -0.15) is 0 Å². The average Bonchev–Trinajstić information content (AvgIpc) is 3.19. The molecule has 0 aliphatic rings. The van der Waals surface area contributed by atoms with Gasteiger partial charge in [-0.3, -0.25) is 9.97 Å². The number of halogens is 6. The van der Waals surface area contributed by atoms with Crippen LogP contribution in [0.25, 0.3) is 33.9 Å². The molecular weight excluding hydrogens is 950 g/mol. The third-order valence-corrected chi connectivity index (χ3v) is 8.01. The van der Waals surface area contributed by atoms with Crippen LogP contribution in [0, 0.1) is 26.0 Å². The fourth-order valence-corrected chi connectivity index (χ4v) is 5.12. The van der Waals surface area contributed by atoms with Crippen molar-refractivity contribution in [3.8, 4) is 33.9 Å². The van der Waals surface area contributed by atoms with Crippen molar-refractivity contribution in [3.63, 3.8) is 0 Å². The molecule has 0 saturated heterocycles. The molecule has 0 atom stereocenters. The first kappa shape index (κ1) is 49.8. The Hall–Kier alpha value is -4.38. The standard InChI is InChI=1S/2C16H19N2.C12H12N2.F6P.Ir/c2*1-2-3-11-17-13-14-7-9-15(10-8-14)16-6-4-5-12-18-16;1-9-3-5-13-11(7-9)12-8-10(2)4-6-14-12;1-7(2,3,4,5)6;/h2*4-9,12,17H,2-3,11,13H2,1H3;3-8H,1-2H3;;/q2*-1;;-1;/p+2. The van der Waals surface area contributed by atoms with Crippen molar-refractivity contribution >= 4 is 7.81 Å². The van der Waals surface area contributed by atoms with Crippen LogP contribution >= 0.6 is 7.81 Å². The Morgan fingerprint density at radius 2 is 0.897 bits per heavy atom. The van der Waals surface area contributed by atoms with Crippen molar-refractivity contribution in [3.05, 3.63) is 156 Å². The number of hydrogen-bond donors (Lipinski definition) is 2. The number of nitrogens with zero attached hydrogens (tertiary/aromatic N) is 4. The van der Waals surface area contributed by atoms with E-state index in [-0.39, 0.29) is 20.1 Å². The molecule has 0 amide bonds. The number of aryl methyl sites for hydroxylation is 2. The zero-order valence-corrected chi connectivity index (χ0v) is 36.5. The molecular formula is C44H52F6IrN6P-. The van der Waals surface area contributed by atoms with Gasteiger partial charge in [0.25, 0.3) is 0 Å². The molecule has 0 fully saturated rings. The Morgan fingerprint density at radius 3 is 1.19 bits per heavy atom. The molecule has 4 N–H and O–H groups in total. The average molecular weight is 1000 g/mol. The molecule has 14 heteroatoms. The van der Waals surface area contributed by atoms with Gasteiger partial charge in [0.1, 0.15) is 0 Å². The molecule has 0 aliphatic heterocycles. The van der Waals surface area contributed by atoms with E-state index in [1.54, 1.807) is 0 Å². The predicted molar refractivity (Wildman–Crippen MR) is 218 cm³/mol. The fraction of sp³-hybridized carbons (Fsp3) is 0.273. The van der Waals surface area contributed by atoms with Gasteiger partial charge in [0, 0.05) is 44.9 Å². The van der Waals surface area contributed by atoms with Crippen LogP contribution in [-0.2, 0) is 33.2 Å². The summed E-state index contributed by atoms with van der Waals surface area (Å²) in [7, 11) is -10.7. The van der Waals surface area contributed by atoms with Gasteiger partial charge in [-0.05, 0) is 85.6 Å². The molecule has 58 heavy (non-hydrogen) atoms. The Kier molecular flexibility index (Phi) is 20.5. The second-order valence-electron chi connectivity index (χ2n) is 13.3. The van der Waals surface area contributed by atoms with Crippen molar-refractivity contribution in [2.24, 2.45) is 0 Å². The van der Waals surface area contributed by atoms with E-state index in [9.17, 15) is 25.2 Å². The number of benzene rings is 2. The van der Waals surface area contributed by atoms with Crippen molar-refractivity contribution in [1.82, 2.24) is 19.9 Å². The number of quaternary nitrogens is 2. The third-order valence-electron chi connectivity index (χ3n) is 8.01. The zero-order valence-electron chi connectivity index (χ0n) is 33.2. The van der Waals surface area contributed by atoms with Gasteiger partial charge in [-0.15, -0.1) is 59.7 Å². The van der Waals surface area contributed by atoms with Crippen molar-refractivity contribution in [1.29, 1.82) is 0 Å². The molecule has 0 unspecified atom stereocenters. The van der Waals surface area contributed by atoms with Crippen LogP contribution in [0.5, 0.6) is 0 Å². The summed E-state index contributed by atoms with van der Waals surface area (Å²) < 4.78 is 59.2. The normalized spacial score (nSPS) is 11.8. The van der Waals surface area contributed by atoms with Gasteiger partial charge in [0.15, 0.2) is 0 Å².